The number of anilines is 1. The minimum Gasteiger partial charge on any atom is -0.472 e. The van der Waals surface area contributed by atoms with E-state index < -0.39 is 24.0 Å². The van der Waals surface area contributed by atoms with Gasteiger partial charge in [0.15, 0.2) is 0 Å². The summed E-state index contributed by atoms with van der Waals surface area (Å²) in [6, 6.07) is 6.46. The molecule has 0 spiro atoms. The Balaban J connectivity index is 1.88. The fraction of sp³-hybridized carbons (Fsp3) is 0.444. The average molecular weight is 497 g/mol. The lowest BCUT2D eigenvalue weighted by molar-refractivity contribution is 0.0356. The fourth-order valence-corrected chi connectivity index (χ4v) is 3.75. The van der Waals surface area contributed by atoms with Crippen molar-refractivity contribution in [3.05, 3.63) is 53.5 Å². The van der Waals surface area contributed by atoms with Crippen molar-refractivity contribution >= 4 is 17.6 Å². The van der Waals surface area contributed by atoms with Crippen LogP contribution in [0.15, 0.2) is 36.5 Å². The van der Waals surface area contributed by atoms with Crippen LogP contribution < -0.4 is 10.1 Å². The third-order valence-corrected chi connectivity index (χ3v) is 5.90. The predicted molar refractivity (Wildman–Crippen MR) is 135 cm³/mol. The molecule has 1 aromatic carbocycles. The molecule has 3 atom stereocenters. The zero-order valence-electron chi connectivity index (χ0n) is 21.3. The topological polar surface area (TPSA) is 95.0 Å². The lowest BCUT2D eigenvalue weighted by atomic mass is 10.00. The molecule has 2 aromatic rings. The van der Waals surface area contributed by atoms with Crippen LogP contribution in [0.1, 0.15) is 43.6 Å². The highest BCUT2D eigenvalue weighted by Gasteiger charge is 2.34. The number of benzene rings is 1. The zero-order valence-corrected chi connectivity index (χ0v) is 21.3. The number of fused-ring (bicyclic) bond motifs is 1. The average Bonchev–Trinajstić information content (AvgIpc) is 2.84. The molecule has 3 rings (SSSR count). The summed E-state index contributed by atoms with van der Waals surface area (Å²) in [5.74, 6) is 5.46. The molecule has 0 unspecified atom stereocenters. The molecule has 9 heteroatoms. The smallest absolute Gasteiger partial charge is 0.321 e. The van der Waals surface area contributed by atoms with Gasteiger partial charge < -0.3 is 25.0 Å². The van der Waals surface area contributed by atoms with E-state index in [1.54, 1.807) is 37.2 Å². The van der Waals surface area contributed by atoms with Gasteiger partial charge in [0.05, 0.1) is 19.2 Å². The maximum atomic E-state index is 13.5. The van der Waals surface area contributed by atoms with E-state index in [1.807, 2.05) is 20.8 Å². The van der Waals surface area contributed by atoms with Crippen LogP contribution in [-0.2, 0) is 0 Å². The van der Waals surface area contributed by atoms with Crippen molar-refractivity contribution < 1.29 is 23.8 Å². The molecule has 2 heterocycles. The van der Waals surface area contributed by atoms with E-state index in [9.17, 15) is 19.1 Å². The molecule has 36 heavy (non-hydrogen) atoms. The minimum atomic E-state index is -0.506. The summed E-state index contributed by atoms with van der Waals surface area (Å²) >= 11 is 0. The molecule has 192 valence electrons. The summed E-state index contributed by atoms with van der Waals surface area (Å²) < 4.78 is 19.7. The van der Waals surface area contributed by atoms with Gasteiger partial charge in [0.25, 0.3) is 5.91 Å². The summed E-state index contributed by atoms with van der Waals surface area (Å²) in [6.07, 6.45) is 1.05. The van der Waals surface area contributed by atoms with E-state index in [2.05, 4.69) is 22.1 Å². The molecule has 3 amide bonds. The van der Waals surface area contributed by atoms with Crippen LogP contribution in [0.4, 0.5) is 14.9 Å². The first-order valence-electron chi connectivity index (χ1n) is 12.0. The van der Waals surface area contributed by atoms with Gasteiger partial charge in [-0.25, -0.2) is 14.2 Å². The fourth-order valence-electron chi connectivity index (χ4n) is 3.75. The quantitative estimate of drug-likeness (QED) is 0.617. The van der Waals surface area contributed by atoms with Gasteiger partial charge in [-0.05, 0) is 31.2 Å². The molecule has 0 saturated carbocycles. The summed E-state index contributed by atoms with van der Waals surface area (Å²) in [4.78, 5) is 33.6. The molecular weight excluding hydrogens is 463 g/mol. The maximum absolute atomic E-state index is 13.5. The number of ether oxygens (including phenoxy) is 1. The molecule has 0 saturated heterocycles. The number of hydrogen-bond acceptors (Lipinski definition) is 5. The van der Waals surface area contributed by atoms with Gasteiger partial charge in [0.1, 0.15) is 17.5 Å². The van der Waals surface area contributed by atoms with Gasteiger partial charge in [-0.15, -0.1) is 0 Å². The lowest BCUT2D eigenvalue weighted by Crippen LogP contribution is -2.50. The Morgan fingerprint density at radius 3 is 2.78 bits per heavy atom. The molecular formula is C27H33FN4O4. The van der Waals surface area contributed by atoms with E-state index in [-0.39, 0.29) is 42.3 Å². The maximum Gasteiger partial charge on any atom is 0.321 e. The molecule has 1 aliphatic heterocycles. The molecule has 0 bridgehead atoms. The van der Waals surface area contributed by atoms with Crippen molar-refractivity contribution in [1.82, 2.24) is 14.8 Å². The molecule has 0 aliphatic carbocycles. The highest BCUT2D eigenvalue weighted by atomic mass is 19.1. The number of amides is 3. The Morgan fingerprint density at radius 1 is 1.36 bits per heavy atom. The van der Waals surface area contributed by atoms with Gasteiger partial charge in [-0.3, -0.25) is 4.79 Å². The first-order chi connectivity index (χ1) is 17.1. The molecule has 2 N–H and O–H groups in total. The van der Waals surface area contributed by atoms with Gasteiger partial charge in [-0.1, -0.05) is 38.7 Å². The highest BCUT2D eigenvalue weighted by Crippen LogP contribution is 2.27. The zero-order chi connectivity index (χ0) is 26.4. The number of halogens is 1. The van der Waals surface area contributed by atoms with Gasteiger partial charge in [-0.2, -0.15) is 0 Å². The number of rotatable bonds is 5. The number of nitrogens with zero attached hydrogens (tertiary/aromatic N) is 3. The third kappa shape index (κ3) is 6.73. The predicted octanol–water partition coefficient (Wildman–Crippen LogP) is 3.61. The van der Waals surface area contributed by atoms with Crippen LogP contribution in [0.2, 0.25) is 0 Å². The Bertz CT molecular complexity index is 1160. The first kappa shape index (κ1) is 27.0. The van der Waals surface area contributed by atoms with Crippen molar-refractivity contribution in [3.8, 4) is 17.7 Å². The number of urea groups is 1. The number of carbonyl (C=O) groups is 2. The van der Waals surface area contributed by atoms with E-state index in [0.717, 1.165) is 0 Å². The van der Waals surface area contributed by atoms with Crippen molar-refractivity contribution in [2.24, 2.45) is 11.8 Å². The van der Waals surface area contributed by atoms with Gasteiger partial charge in [0.2, 0.25) is 5.88 Å². The molecule has 0 radical (unpaired) electrons. The number of hydrogen-bond donors (Lipinski definition) is 2. The van der Waals surface area contributed by atoms with Crippen molar-refractivity contribution in [1.29, 1.82) is 0 Å². The summed E-state index contributed by atoms with van der Waals surface area (Å²) in [6.45, 7) is 7.94. The molecule has 1 aliphatic rings. The molecule has 8 nitrogen and oxygen atoms in total. The number of aliphatic hydroxyl groups excluding tert-OH is 1. The van der Waals surface area contributed by atoms with E-state index in [4.69, 9.17) is 4.74 Å². The van der Waals surface area contributed by atoms with E-state index >= 15 is 0 Å². The van der Waals surface area contributed by atoms with E-state index in [1.165, 1.54) is 23.1 Å². The van der Waals surface area contributed by atoms with Crippen LogP contribution in [0, 0.1) is 29.5 Å². The highest BCUT2D eigenvalue weighted by molar-refractivity contribution is 5.97. The minimum absolute atomic E-state index is 0.153. The largest absolute Gasteiger partial charge is 0.472 e. The van der Waals surface area contributed by atoms with Crippen molar-refractivity contribution in [2.75, 3.05) is 32.1 Å². The third-order valence-electron chi connectivity index (χ3n) is 5.90. The number of aromatic nitrogens is 1. The monoisotopic (exact) mass is 496 g/mol. The Kier molecular flexibility index (Phi) is 8.88. The molecule has 0 fully saturated rings. The summed E-state index contributed by atoms with van der Waals surface area (Å²) in [5, 5.41) is 12.5. The molecule has 1 aromatic heterocycles. The second-order valence-electron chi connectivity index (χ2n) is 9.44. The standard InChI is InChI=1S/C27H33FN4O4/c1-17(2)9-10-20-11-23-25(29-13-20)36-24(18(3)14-32(26(23)34)19(4)16-33)15-31(5)27(35)30-22-8-6-7-21(28)12-22/h6-8,11-13,17-19,24,33H,14-16H2,1-5H3,(H,30,35)/t18-,19+,24+/m0/s1. The number of nitrogens with one attached hydrogen (secondary N) is 1. The second-order valence-corrected chi connectivity index (χ2v) is 9.44. The van der Waals surface area contributed by atoms with Crippen LogP contribution >= 0.6 is 0 Å². The van der Waals surface area contributed by atoms with Crippen molar-refractivity contribution in [2.45, 2.75) is 39.8 Å². The Morgan fingerprint density at radius 2 is 2.11 bits per heavy atom. The van der Waals surface area contributed by atoms with Gasteiger partial charge in [0, 0.05) is 42.9 Å². The van der Waals surface area contributed by atoms with Crippen molar-refractivity contribution in [3.63, 3.8) is 0 Å². The Hall–Kier alpha value is -3.64. The van der Waals surface area contributed by atoms with Gasteiger partial charge >= 0.3 is 6.03 Å². The van der Waals surface area contributed by atoms with Crippen LogP contribution in [0.3, 0.4) is 0 Å². The Labute approximate surface area is 211 Å². The SMILES string of the molecule is CC(C)C#Cc1cnc2c(c1)C(=O)N([C@H](C)CO)C[C@H](C)[C@@H](CN(C)C(=O)Nc1cccc(F)c1)O2. The first-order valence-corrected chi connectivity index (χ1v) is 12.0. The summed E-state index contributed by atoms with van der Waals surface area (Å²) in [5.41, 5.74) is 1.19. The van der Waals surface area contributed by atoms with Crippen LogP contribution in [-0.4, -0.2) is 70.7 Å². The van der Waals surface area contributed by atoms with Crippen LogP contribution in [0.25, 0.3) is 0 Å². The number of pyridine rings is 1. The summed E-state index contributed by atoms with van der Waals surface area (Å²) in [7, 11) is 1.61. The van der Waals surface area contributed by atoms with E-state index in [0.29, 0.717) is 17.8 Å². The number of likely N-dealkylation sites (N-methyl/N-ethyl adjacent to an activating group) is 1. The number of aliphatic hydroxyl groups is 1. The van der Waals surface area contributed by atoms with Crippen LogP contribution in [0.5, 0.6) is 5.88 Å². The lowest BCUT2D eigenvalue weighted by Gasteiger charge is -2.37. The normalized spacial score (nSPS) is 18.2. The second kappa shape index (κ2) is 11.9. The number of carbonyl (C=O) groups excluding carboxylic acids is 2.